The van der Waals surface area contributed by atoms with Crippen LogP contribution in [-0.2, 0) is 6.42 Å². The number of hydrogen-bond acceptors (Lipinski definition) is 4. The van der Waals surface area contributed by atoms with E-state index < -0.39 is 0 Å². The molecule has 0 bridgehead atoms. The third kappa shape index (κ3) is 3.62. The summed E-state index contributed by atoms with van der Waals surface area (Å²) in [5.74, 6) is 2.99. The van der Waals surface area contributed by atoms with Gasteiger partial charge in [-0.1, -0.05) is 13.3 Å². The molecule has 19 heavy (non-hydrogen) atoms. The second kappa shape index (κ2) is 6.80. The molecule has 1 aliphatic rings. The first-order valence-corrected chi connectivity index (χ1v) is 7.95. The lowest BCUT2D eigenvalue weighted by Gasteiger charge is -2.26. The van der Waals surface area contributed by atoms with E-state index in [0.717, 1.165) is 54.5 Å². The van der Waals surface area contributed by atoms with E-state index in [4.69, 9.17) is 0 Å². The van der Waals surface area contributed by atoms with Gasteiger partial charge in [-0.3, -0.25) is 4.79 Å². The number of amides is 1. The van der Waals surface area contributed by atoms with Gasteiger partial charge in [0, 0.05) is 42.9 Å². The fourth-order valence-corrected chi connectivity index (χ4v) is 3.08. The standard InChI is InChI=1S/C14H21N3OS/c1-3-4-12-9-11(10-13(15-2)16-12)14(18)17-5-7-19-8-6-17/h9-10H,3-8H2,1-2H3,(H,15,16). The third-order valence-corrected chi connectivity index (χ3v) is 4.13. The molecule has 1 fully saturated rings. The van der Waals surface area contributed by atoms with Crippen LogP contribution in [0.1, 0.15) is 29.4 Å². The molecule has 4 nitrogen and oxygen atoms in total. The lowest BCUT2D eigenvalue weighted by molar-refractivity contribution is 0.0772. The van der Waals surface area contributed by atoms with Gasteiger partial charge in [-0.05, 0) is 18.6 Å². The first kappa shape index (κ1) is 14.2. The van der Waals surface area contributed by atoms with E-state index in [9.17, 15) is 4.79 Å². The van der Waals surface area contributed by atoms with Crippen molar-refractivity contribution in [2.24, 2.45) is 0 Å². The van der Waals surface area contributed by atoms with E-state index in [0.29, 0.717) is 0 Å². The van der Waals surface area contributed by atoms with Gasteiger partial charge in [0.1, 0.15) is 5.82 Å². The first-order valence-electron chi connectivity index (χ1n) is 6.80. The van der Waals surface area contributed by atoms with Crippen LogP contribution in [0, 0.1) is 0 Å². The molecule has 1 amide bonds. The molecule has 0 radical (unpaired) electrons. The van der Waals surface area contributed by atoms with Crippen molar-refractivity contribution in [1.29, 1.82) is 0 Å². The maximum Gasteiger partial charge on any atom is 0.254 e. The zero-order valence-corrected chi connectivity index (χ0v) is 12.4. The summed E-state index contributed by atoms with van der Waals surface area (Å²) in [6.07, 6.45) is 1.94. The Bertz CT molecular complexity index is 444. The number of nitrogens with zero attached hydrogens (tertiary/aromatic N) is 2. The Hall–Kier alpha value is -1.23. The quantitative estimate of drug-likeness (QED) is 0.918. The zero-order chi connectivity index (χ0) is 13.7. The molecule has 1 N–H and O–H groups in total. The number of carbonyl (C=O) groups excluding carboxylic acids is 1. The zero-order valence-electron chi connectivity index (χ0n) is 11.6. The molecule has 0 saturated carbocycles. The van der Waals surface area contributed by atoms with Gasteiger partial charge < -0.3 is 10.2 Å². The minimum atomic E-state index is 0.136. The van der Waals surface area contributed by atoms with Gasteiger partial charge in [-0.25, -0.2) is 4.98 Å². The van der Waals surface area contributed by atoms with Crippen LogP contribution in [0.2, 0.25) is 0 Å². The number of hydrogen-bond donors (Lipinski definition) is 1. The van der Waals surface area contributed by atoms with Crippen LogP contribution in [0.4, 0.5) is 5.82 Å². The molecule has 0 atom stereocenters. The van der Waals surface area contributed by atoms with Crippen molar-refractivity contribution in [2.45, 2.75) is 19.8 Å². The molecule has 1 aromatic rings. The normalized spacial score (nSPS) is 15.4. The van der Waals surface area contributed by atoms with E-state index in [2.05, 4.69) is 17.2 Å². The fraction of sp³-hybridized carbons (Fsp3) is 0.571. The van der Waals surface area contributed by atoms with Crippen molar-refractivity contribution in [1.82, 2.24) is 9.88 Å². The number of rotatable bonds is 4. The summed E-state index contributed by atoms with van der Waals surface area (Å²) in [4.78, 5) is 18.9. The number of aryl methyl sites for hydroxylation is 1. The second-order valence-corrected chi connectivity index (χ2v) is 5.86. The number of carbonyl (C=O) groups is 1. The van der Waals surface area contributed by atoms with Crippen LogP contribution in [0.3, 0.4) is 0 Å². The number of anilines is 1. The largest absolute Gasteiger partial charge is 0.373 e. The van der Waals surface area contributed by atoms with Crippen LogP contribution in [0.5, 0.6) is 0 Å². The molecule has 104 valence electrons. The Morgan fingerprint density at radius 1 is 1.42 bits per heavy atom. The molecular weight excluding hydrogens is 258 g/mol. The summed E-state index contributed by atoms with van der Waals surface area (Å²) in [6.45, 7) is 3.82. The van der Waals surface area contributed by atoms with Crippen molar-refractivity contribution < 1.29 is 4.79 Å². The highest BCUT2D eigenvalue weighted by Crippen LogP contribution is 2.17. The first-order chi connectivity index (χ1) is 9.24. The van der Waals surface area contributed by atoms with Gasteiger partial charge in [-0.15, -0.1) is 0 Å². The highest BCUT2D eigenvalue weighted by molar-refractivity contribution is 7.99. The average Bonchev–Trinajstić information content (AvgIpc) is 2.47. The summed E-state index contributed by atoms with van der Waals surface area (Å²) in [5.41, 5.74) is 1.75. The van der Waals surface area contributed by atoms with Crippen molar-refractivity contribution in [3.05, 3.63) is 23.4 Å². The van der Waals surface area contributed by atoms with Gasteiger partial charge in [0.05, 0.1) is 0 Å². The minimum Gasteiger partial charge on any atom is -0.373 e. The number of nitrogens with one attached hydrogen (secondary N) is 1. The van der Waals surface area contributed by atoms with E-state index in [1.54, 1.807) is 0 Å². The van der Waals surface area contributed by atoms with Gasteiger partial charge in [0.2, 0.25) is 0 Å². The molecule has 0 spiro atoms. The smallest absolute Gasteiger partial charge is 0.254 e. The van der Waals surface area contributed by atoms with E-state index in [-0.39, 0.29) is 5.91 Å². The highest BCUT2D eigenvalue weighted by Gasteiger charge is 2.19. The molecule has 2 rings (SSSR count). The monoisotopic (exact) mass is 279 g/mol. The van der Waals surface area contributed by atoms with E-state index in [1.165, 1.54) is 0 Å². The van der Waals surface area contributed by atoms with Crippen molar-refractivity contribution in [3.8, 4) is 0 Å². The van der Waals surface area contributed by atoms with Gasteiger partial charge >= 0.3 is 0 Å². The van der Waals surface area contributed by atoms with Gasteiger partial charge in [0.25, 0.3) is 5.91 Å². The van der Waals surface area contributed by atoms with Crippen LogP contribution >= 0.6 is 11.8 Å². The number of aromatic nitrogens is 1. The lowest BCUT2D eigenvalue weighted by Crippen LogP contribution is -2.38. The molecule has 0 aliphatic carbocycles. The van der Waals surface area contributed by atoms with Crippen LogP contribution < -0.4 is 5.32 Å². The molecule has 1 saturated heterocycles. The van der Waals surface area contributed by atoms with Crippen molar-refractivity contribution in [2.75, 3.05) is 37.0 Å². The summed E-state index contributed by atoms with van der Waals surface area (Å²) >= 11 is 1.91. The molecule has 1 aromatic heterocycles. The molecule has 1 aliphatic heterocycles. The highest BCUT2D eigenvalue weighted by atomic mass is 32.2. The minimum absolute atomic E-state index is 0.136. The summed E-state index contributed by atoms with van der Waals surface area (Å²) in [6, 6.07) is 3.79. The Balaban J connectivity index is 2.21. The third-order valence-electron chi connectivity index (χ3n) is 3.19. The SMILES string of the molecule is CCCc1cc(C(=O)N2CCSCC2)cc(NC)n1. The summed E-state index contributed by atoms with van der Waals surface area (Å²) in [7, 11) is 1.84. The maximum absolute atomic E-state index is 12.5. The Labute approximate surface area is 119 Å². The van der Waals surface area contributed by atoms with Crippen molar-refractivity contribution in [3.63, 3.8) is 0 Å². The Kier molecular flexibility index (Phi) is 5.07. The Morgan fingerprint density at radius 3 is 2.79 bits per heavy atom. The second-order valence-electron chi connectivity index (χ2n) is 4.64. The summed E-state index contributed by atoms with van der Waals surface area (Å²) < 4.78 is 0. The van der Waals surface area contributed by atoms with E-state index in [1.807, 2.05) is 35.8 Å². The predicted octanol–water partition coefficient (Wildman–Crippen LogP) is 2.26. The topological polar surface area (TPSA) is 45.2 Å². The molecular formula is C14H21N3OS. The summed E-state index contributed by atoms with van der Waals surface area (Å²) in [5, 5.41) is 3.04. The average molecular weight is 279 g/mol. The number of pyridine rings is 1. The fourth-order valence-electron chi connectivity index (χ4n) is 2.17. The Morgan fingerprint density at radius 2 is 2.16 bits per heavy atom. The predicted molar refractivity (Wildman–Crippen MR) is 81.0 cm³/mol. The molecule has 0 unspecified atom stereocenters. The lowest BCUT2D eigenvalue weighted by atomic mass is 10.1. The molecule has 2 heterocycles. The van der Waals surface area contributed by atoms with Crippen LogP contribution in [0.15, 0.2) is 12.1 Å². The number of thioether (sulfide) groups is 1. The van der Waals surface area contributed by atoms with Crippen molar-refractivity contribution >= 4 is 23.5 Å². The van der Waals surface area contributed by atoms with Gasteiger partial charge in [0.15, 0.2) is 0 Å². The van der Waals surface area contributed by atoms with Gasteiger partial charge in [-0.2, -0.15) is 11.8 Å². The maximum atomic E-state index is 12.5. The molecule has 0 aromatic carbocycles. The van der Waals surface area contributed by atoms with E-state index >= 15 is 0 Å². The molecule has 5 heteroatoms. The van der Waals surface area contributed by atoms with Crippen LogP contribution in [-0.4, -0.2) is 47.4 Å². The van der Waals surface area contributed by atoms with Crippen LogP contribution in [0.25, 0.3) is 0 Å².